The van der Waals surface area contributed by atoms with Crippen molar-refractivity contribution in [1.29, 1.82) is 0 Å². The molecule has 0 amide bonds. The highest BCUT2D eigenvalue weighted by Crippen LogP contribution is 2.32. The fourth-order valence-electron chi connectivity index (χ4n) is 6.86. The monoisotopic (exact) mass is 637 g/mol. The number of hydrogen-bond donors (Lipinski definition) is 0. The van der Waals surface area contributed by atoms with Crippen molar-refractivity contribution in [2.24, 2.45) is 0 Å². The van der Waals surface area contributed by atoms with E-state index in [0.29, 0.717) is 0 Å². The number of pyridine rings is 5. The maximum Gasteiger partial charge on any atom is 0.0972 e. The van der Waals surface area contributed by atoms with Gasteiger partial charge in [-0.15, -0.1) is 0 Å². The van der Waals surface area contributed by atoms with Crippen LogP contribution in [0.25, 0.3) is 99.4 Å². The average Bonchev–Trinajstić information content (AvgIpc) is 3.19. The lowest BCUT2D eigenvalue weighted by Crippen LogP contribution is -1.90. The molecule has 0 aliphatic rings. The van der Waals surface area contributed by atoms with Crippen LogP contribution < -0.4 is 0 Å². The summed E-state index contributed by atoms with van der Waals surface area (Å²) in [6, 6.07) is 52.7. The second kappa shape index (κ2) is 11.4. The van der Waals surface area contributed by atoms with Crippen LogP contribution in [0.4, 0.5) is 0 Å². The molecule has 0 atom stereocenters. The third-order valence-electron chi connectivity index (χ3n) is 9.51. The number of benzene rings is 5. The van der Waals surface area contributed by atoms with Crippen LogP contribution in [0.5, 0.6) is 0 Å². The first-order valence-corrected chi connectivity index (χ1v) is 16.6. The molecule has 5 heterocycles. The quantitative estimate of drug-likeness (QED) is 0.180. The molecule has 10 rings (SSSR count). The van der Waals surface area contributed by atoms with Gasteiger partial charge in [-0.1, -0.05) is 91.0 Å². The van der Waals surface area contributed by atoms with Crippen LogP contribution in [-0.2, 0) is 0 Å². The minimum atomic E-state index is 0.864. The van der Waals surface area contributed by atoms with Crippen molar-refractivity contribution in [1.82, 2.24) is 24.9 Å². The Bertz CT molecular complexity index is 2940. The Morgan fingerprint density at radius 1 is 0.280 bits per heavy atom. The van der Waals surface area contributed by atoms with Crippen LogP contribution in [0, 0.1) is 0 Å². The Hall–Kier alpha value is -6.85. The van der Waals surface area contributed by atoms with Crippen LogP contribution in [0.1, 0.15) is 0 Å². The van der Waals surface area contributed by atoms with Gasteiger partial charge in [-0.2, -0.15) is 0 Å². The van der Waals surface area contributed by atoms with E-state index < -0.39 is 0 Å². The summed E-state index contributed by atoms with van der Waals surface area (Å²) >= 11 is 0. The van der Waals surface area contributed by atoms with E-state index in [1.54, 1.807) is 6.20 Å². The summed E-state index contributed by atoms with van der Waals surface area (Å²) < 4.78 is 0. The standard InChI is InChI=1S/C45H27N5/c1-2-22-46-40(5-1)41-21-17-29-7-11-35(27-43(29)49-41)34-10-6-28-16-19-38(48-42(28)26-34)36-14-12-33-25-37(15-13-32(33)24-36)39-20-18-31-9-8-30-4-3-23-47-44(30)45(31)50-39/h1-27H. The minimum Gasteiger partial charge on any atom is -0.255 e. The highest BCUT2D eigenvalue weighted by molar-refractivity contribution is 6.03. The number of fused-ring (bicyclic) bond motifs is 6. The Morgan fingerprint density at radius 3 is 1.48 bits per heavy atom. The molecule has 232 valence electrons. The fraction of sp³-hybridized carbons (Fsp3) is 0. The maximum absolute atomic E-state index is 5.13. The molecule has 0 aliphatic heterocycles. The Balaban J connectivity index is 0.978. The van der Waals surface area contributed by atoms with Gasteiger partial charge in [0.2, 0.25) is 0 Å². The summed E-state index contributed by atoms with van der Waals surface area (Å²) in [5.74, 6) is 0. The second-order valence-corrected chi connectivity index (χ2v) is 12.6. The first kappa shape index (κ1) is 28.2. The zero-order chi connectivity index (χ0) is 33.0. The van der Waals surface area contributed by atoms with Gasteiger partial charge in [-0.05, 0) is 82.6 Å². The fourth-order valence-corrected chi connectivity index (χ4v) is 6.86. The number of rotatable bonds is 4. The zero-order valence-electron chi connectivity index (χ0n) is 26.8. The third-order valence-corrected chi connectivity index (χ3v) is 9.51. The van der Waals surface area contributed by atoms with E-state index in [-0.39, 0.29) is 0 Å². The van der Waals surface area contributed by atoms with Crippen molar-refractivity contribution >= 4 is 54.4 Å². The topological polar surface area (TPSA) is 64.5 Å². The molecule has 5 heteroatoms. The van der Waals surface area contributed by atoms with Crippen molar-refractivity contribution in [3.05, 3.63) is 164 Å². The molecule has 10 aromatic rings. The van der Waals surface area contributed by atoms with Gasteiger partial charge in [0.05, 0.1) is 44.8 Å². The van der Waals surface area contributed by atoms with Gasteiger partial charge < -0.3 is 0 Å². The number of hydrogen-bond acceptors (Lipinski definition) is 5. The molecule has 0 aliphatic carbocycles. The van der Waals surface area contributed by atoms with E-state index in [0.717, 1.165) is 99.4 Å². The molecule has 5 nitrogen and oxygen atoms in total. The minimum absolute atomic E-state index is 0.864. The summed E-state index contributed by atoms with van der Waals surface area (Å²) in [6.45, 7) is 0. The van der Waals surface area contributed by atoms with E-state index in [4.69, 9.17) is 15.0 Å². The zero-order valence-corrected chi connectivity index (χ0v) is 26.8. The largest absolute Gasteiger partial charge is 0.255 e. The average molecular weight is 638 g/mol. The van der Waals surface area contributed by atoms with Crippen molar-refractivity contribution in [2.45, 2.75) is 0 Å². The van der Waals surface area contributed by atoms with Crippen LogP contribution in [0.2, 0.25) is 0 Å². The molecule has 0 N–H and O–H groups in total. The molecule has 0 spiro atoms. The van der Waals surface area contributed by atoms with Crippen molar-refractivity contribution < 1.29 is 0 Å². The smallest absolute Gasteiger partial charge is 0.0972 e. The van der Waals surface area contributed by atoms with Gasteiger partial charge >= 0.3 is 0 Å². The second-order valence-electron chi connectivity index (χ2n) is 12.6. The molecular formula is C45H27N5. The molecule has 0 fully saturated rings. The molecule has 0 unspecified atom stereocenters. The van der Waals surface area contributed by atoms with E-state index in [9.17, 15) is 0 Å². The lowest BCUT2D eigenvalue weighted by molar-refractivity contribution is 1.28. The highest BCUT2D eigenvalue weighted by Gasteiger charge is 2.10. The normalized spacial score (nSPS) is 11.6. The first-order chi connectivity index (χ1) is 24.7. The highest BCUT2D eigenvalue weighted by atomic mass is 14.8. The van der Waals surface area contributed by atoms with Crippen molar-refractivity contribution in [3.8, 4) is 45.0 Å². The van der Waals surface area contributed by atoms with Gasteiger partial charge in [0.15, 0.2) is 0 Å². The van der Waals surface area contributed by atoms with Crippen LogP contribution in [0.15, 0.2) is 164 Å². The summed E-state index contributed by atoms with van der Waals surface area (Å²) in [5.41, 5.74) is 11.7. The maximum atomic E-state index is 5.13. The number of aromatic nitrogens is 5. The summed E-state index contributed by atoms with van der Waals surface area (Å²) in [5, 5.41) is 6.69. The molecule has 5 aromatic carbocycles. The Kier molecular flexibility index (Phi) is 6.42. The first-order valence-electron chi connectivity index (χ1n) is 16.6. The third kappa shape index (κ3) is 4.92. The van der Waals surface area contributed by atoms with Gasteiger partial charge in [-0.3, -0.25) is 9.97 Å². The van der Waals surface area contributed by atoms with Crippen LogP contribution in [-0.4, -0.2) is 24.9 Å². The SMILES string of the molecule is c1ccc(-c2ccc3ccc(-c4ccc5ccc(-c6ccc7cc(-c8ccc9ccc%10cccnc%10c9n8)ccc7c6)nc5c4)cc3n2)nc1. The predicted octanol–water partition coefficient (Wildman–Crippen LogP) is 11.1. The molecular weight excluding hydrogens is 611 g/mol. The van der Waals surface area contributed by atoms with Crippen LogP contribution in [0.3, 0.4) is 0 Å². The van der Waals surface area contributed by atoms with Gasteiger partial charge in [0.25, 0.3) is 0 Å². The summed E-state index contributed by atoms with van der Waals surface area (Å²) in [4.78, 5) is 24.2. The predicted molar refractivity (Wildman–Crippen MR) is 205 cm³/mol. The van der Waals surface area contributed by atoms with E-state index >= 15 is 0 Å². The lowest BCUT2D eigenvalue weighted by Gasteiger charge is -2.10. The van der Waals surface area contributed by atoms with Gasteiger partial charge in [0.1, 0.15) is 0 Å². The van der Waals surface area contributed by atoms with Gasteiger partial charge in [-0.25, -0.2) is 15.0 Å². The molecule has 50 heavy (non-hydrogen) atoms. The molecule has 0 bridgehead atoms. The summed E-state index contributed by atoms with van der Waals surface area (Å²) in [7, 11) is 0. The summed E-state index contributed by atoms with van der Waals surface area (Å²) in [6.07, 6.45) is 3.63. The van der Waals surface area contributed by atoms with E-state index in [1.807, 2.05) is 36.5 Å². The van der Waals surface area contributed by atoms with Crippen LogP contribution >= 0.6 is 0 Å². The number of nitrogens with zero attached hydrogens (tertiary/aromatic N) is 5. The van der Waals surface area contributed by atoms with Crippen molar-refractivity contribution in [2.75, 3.05) is 0 Å². The Labute approximate surface area is 287 Å². The molecule has 0 saturated heterocycles. The van der Waals surface area contributed by atoms with E-state index in [1.165, 1.54) is 0 Å². The molecule has 5 aromatic heterocycles. The Morgan fingerprint density at radius 2 is 0.800 bits per heavy atom. The van der Waals surface area contributed by atoms with Gasteiger partial charge in [0, 0.05) is 45.1 Å². The molecule has 0 saturated carbocycles. The molecule has 0 radical (unpaired) electrons. The lowest BCUT2D eigenvalue weighted by atomic mass is 9.99. The van der Waals surface area contributed by atoms with Crippen molar-refractivity contribution in [3.63, 3.8) is 0 Å². The van der Waals surface area contributed by atoms with E-state index in [2.05, 4.69) is 131 Å².